The molecule has 6 rings (SSSR count). The topological polar surface area (TPSA) is 111 Å². The largest absolute Gasteiger partial charge is 0.507 e. The summed E-state index contributed by atoms with van der Waals surface area (Å²) in [4.78, 5) is 11.0. The van der Waals surface area contributed by atoms with Gasteiger partial charge in [-0.05, 0) is 83.0 Å². The summed E-state index contributed by atoms with van der Waals surface area (Å²) in [6.07, 6.45) is 8.71. The number of phenols is 1. The summed E-state index contributed by atoms with van der Waals surface area (Å²) in [6.45, 7) is 9.78. The van der Waals surface area contributed by atoms with Crippen LogP contribution in [-0.2, 0) is 0 Å². The molecule has 0 aliphatic heterocycles. The van der Waals surface area contributed by atoms with Crippen molar-refractivity contribution in [3.8, 4) is 22.9 Å². The Hall–Kier alpha value is -3.50. The number of rotatable bonds is 11. The summed E-state index contributed by atoms with van der Waals surface area (Å²) in [5.41, 5.74) is 15.4. The Morgan fingerprint density at radius 1 is 1.18 bits per heavy atom. The number of likely N-dealkylation sites (N-methyl/N-ethyl adjacent to an activating group) is 1. The Balaban J connectivity index is 1.50. The second kappa shape index (κ2) is 12.0. The van der Waals surface area contributed by atoms with E-state index in [1.807, 2.05) is 7.05 Å². The van der Waals surface area contributed by atoms with Crippen molar-refractivity contribution in [2.75, 3.05) is 31.6 Å². The molecule has 1 atom stereocenters. The molecule has 0 saturated heterocycles. The fraction of sp³-hybridized carbons (Fsp3) is 0.486. The summed E-state index contributed by atoms with van der Waals surface area (Å²) in [5, 5.41) is 12.6. The number of nitrogens with zero attached hydrogens (tertiary/aromatic N) is 3. The molecular weight excluding hydrogens is 592 g/mol. The molecule has 2 aliphatic carbocycles. The van der Waals surface area contributed by atoms with E-state index in [1.165, 1.54) is 23.0 Å². The van der Waals surface area contributed by atoms with Gasteiger partial charge < -0.3 is 26.2 Å². The normalized spacial score (nSPS) is 17.6. The van der Waals surface area contributed by atoms with E-state index in [1.54, 1.807) is 13.0 Å². The van der Waals surface area contributed by atoms with Gasteiger partial charge in [-0.25, -0.2) is 8.78 Å². The Bertz CT molecular complexity index is 1810. The molecule has 240 valence electrons. The number of aromatic hydroxyl groups is 1. The van der Waals surface area contributed by atoms with Gasteiger partial charge in [0.05, 0.1) is 15.1 Å². The molecule has 0 amide bonds. The summed E-state index contributed by atoms with van der Waals surface area (Å²) in [5.74, 6) is -0.782. The zero-order valence-electron chi connectivity index (χ0n) is 26.8. The van der Waals surface area contributed by atoms with Gasteiger partial charge in [-0.2, -0.15) is 9.97 Å². The third kappa shape index (κ3) is 5.71. The van der Waals surface area contributed by atoms with Crippen LogP contribution in [0.4, 0.5) is 19.6 Å². The second-order valence-corrected chi connectivity index (χ2v) is 14.4. The zero-order valence-corrected chi connectivity index (χ0v) is 27.6. The number of nitrogens with two attached hydrogens (primary N) is 2. The molecule has 7 nitrogen and oxygen atoms in total. The smallest absolute Gasteiger partial charge is 0.319 e. The van der Waals surface area contributed by atoms with E-state index in [2.05, 4.69) is 41.7 Å². The Labute approximate surface area is 267 Å². The average Bonchev–Trinajstić information content (AvgIpc) is 3.39. The molecule has 0 radical (unpaired) electrons. The quantitative estimate of drug-likeness (QED) is 0.142. The number of allylic oxidation sites excluding steroid dienone is 2. The third-order valence-electron chi connectivity index (χ3n) is 9.38. The van der Waals surface area contributed by atoms with E-state index < -0.39 is 17.2 Å². The molecule has 1 fully saturated rings. The minimum Gasteiger partial charge on any atom is -0.507 e. The van der Waals surface area contributed by atoms with Crippen molar-refractivity contribution in [1.82, 2.24) is 14.9 Å². The number of ether oxygens (including phenoxy) is 1. The number of thiophene rings is 1. The molecule has 2 heterocycles. The van der Waals surface area contributed by atoms with Crippen LogP contribution >= 0.6 is 11.3 Å². The van der Waals surface area contributed by atoms with Gasteiger partial charge in [0.25, 0.3) is 0 Å². The highest BCUT2D eigenvalue weighted by molar-refractivity contribution is 7.23. The van der Waals surface area contributed by atoms with E-state index in [4.69, 9.17) is 16.2 Å². The van der Waals surface area contributed by atoms with E-state index in [9.17, 15) is 5.11 Å². The first kappa shape index (κ1) is 31.5. The van der Waals surface area contributed by atoms with Crippen molar-refractivity contribution in [1.29, 1.82) is 0 Å². The standard InChI is InChI=1S/C35H43F2N5O2S/c1-6-16-42(5)17-35(14-15-35)44-34-40-29-27(32(38)41-34)30(43)19(4)24(28(29)37)22-12-13-23(36)31-25(22)26(33(39)45-31)21-9-7-8-20(21)11-10-18(2)3/h8,12-13,18,21,43H,6-7,9-11,14-17,39H2,1-5H3,(H2,38,40,41). The highest BCUT2D eigenvalue weighted by Gasteiger charge is 2.47. The minimum absolute atomic E-state index is 0.0221. The molecule has 0 bridgehead atoms. The lowest BCUT2D eigenvalue weighted by Crippen LogP contribution is -2.35. The maximum absolute atomic E-state index is 16.9. The highest BCUT2D eigenvalue weighted by atomic mass is 32.1. The molecule has 1 saturated carbocycles. The number of halogens is 2. The monoisotopic (exact) mass is 635 g/mol. The summed E-state index contributed by atoms with van der Waals surface area (Å²) in [6, 6.07) is 2.90. The first-order valence-electron chi connectivity index (χ1n) is 16.0. The lowest BCUT2D eigenvalue weighted by molar-refractivity contribution is 0.116. The maximum Gasteiger partial charge on any atom is 0.319 e. The number of anilines is 2. The van der Waals surface area contributed by atoms with E-state index >= 15 is 8.78 Å². The van der Waals surface area contributed by atoms with Gasteiger partial charge in [-0.1, -0.05) is 38.5 Å². The maximum atomic E-state index is 16.9. The number of nitrogen functional groups attached to an aromatic ring is 2. The van der Waals surface area contributed by atoms with Crippen LogP contribution in [0.3, 0.4) is 0 Å². The first-order chi connectivity index (χ1) is 21.4. The van der Waals surface area contributed by atoms with Crippen LogP contribution in [0, 0.1) is 24.5 Å². The van der Waals surface area contributed by atoms with Crippen molar-refractivity contribution in [2.24, 2.45) is 5.92 Å². The Morgan fingerprint density at radius 2 is 1.93 bits per heavy atom. The molecule has 45 heavy (non-hydrogen) atoms. The molecule has 2 aliphatic rings. The molecule has 0 spiro atoms. The molecule has 5 N–H and O–H groups in total. The van der Waals surface area contributed by atoms with Crippen LogP contribution < -0.4 is 16.2 Å². The van der Waals surface area contributed by atoms with Crippen LogP contribution in [0.5, 0.6) is 11.8 Å². The lowest BCUT2D eigenvalue weighted by Gasteiger charge is -2.24. The number of benzene rings is 2. The first-order valence-corrected chi connectivity index (χ1v) is 16.8. The van der Waals surface area contributed by atoms with Crippen LogP contribution in [0.2, 0.25) is 0 Å². The van der Waals surface area contributed by atoms with Crippen LogP contribution in [0.1, 0.15) is 82.8 Å². The third-order valence-corrected chi connectivity index (χ3v) is 10.4. The molecule has 2 aromatic heterocycles. The van der Waals surface area contributed by atoms with Gasteiger partial charge in [0.15, 0.2) is 5.82 Å². The van der Waals surface area contributed by atoms with Gasteiger partial charge >= 0.3 is 6.01 Å². The zero-order chi connectivity index (χ0) is 32.2. The van der Waals surface area contributed by atoms with E-state index in [0.717, 1.165) is 57.1 Å². The molecular formula is C35H43F2N5O2S. The number of aromatic nitrogens is 2. The summed E-state index contributed by atoms with van der Waals surface area (Å²) in [7, 11) is 2.04. The Morgan fingerprint density at radius 3 is 2.62 bits per heavy atom. The summed E-state index contributed by atoms with van der Waals surface area (Å²) < 4.78 is 38.9. The van der Waals surface area contributed by atoms with Gasteiger partial charge in [0.1, 0.15) is 28.5 Å². The van der Waals surface area contributed by atoms with Crippen LogP contribution in [-0.4, -0.2) is 45.7 Å². The number of hydrogen-bond donors (Lipinski definition) is 3. The van der Waals surface area contributed by atoms with Crippen molar-refractivity contribution in [2.45, 2.75) is 84.2 Å². The number of hydrogen-bond acceptors (Lipinski definition) is 8. The highest BCUT2D eigenvalue weighted by Crippen LogP contribution is 2.52. The summed E-state index contributed by atoms with van der Waals surface area (Å²) >= 11 is 1.19. The van der Waals surface area contributed by atoms with E-state index in [0.29, 0.717) is 33.1 Å². The molecule has 4 aromatic rings. The van der Waals surface area contributed by atoms with Crippen LogP contribution in [0.15, 0.2) is 23.8 Å². The van der Waals surface area contributed by atoms with Crippen LogP contribution in [0.25, 0.3) is 32.1 Å². The Kier molecular flexibility index (Phi) is 8.41. The predicted molar refractivity (Wildman–Crippen MR) is 180 cm³/mol. The fourth-order valence-corrected chi connectivity index (χ4v) is 8.04. The van der Waals surface area contributed by atoms with Gasteiger partial charge in [-0.3, -0.25) is 0 Å². The van der Waals surface area contributed by atoms with Gasteiger partial charge in [0.2, 0.25) is 0 Å². The molecule has 1 unspecified atom stereocenters. The number of phenolic OH excluding ortho intramolecular Hbond substituents is 1. The lowest BCUT2D eigenvalue weighted by atomic mass is 9.85. The molecule has 2 aromatic carbocycles. The fourth-order valence-electron chi connectivity index (χ4n) is 6.97. The minimum atomic E-state index is -0.669. The molecule has 10 heteroatoms. The predicted octanol–water partition coefficient (Wildman–Crippen LogP) is 8.46. The number of fused-ring (bicyclic) bond motifs is 2. The van der Waals surface area contributed by atoms with Gasteiger partial charge in [0, 0.05) is 34.5 Å². The SMILES string of the molecule is CCCN(C)CC1(Oc2nc(N)c3c(O)c(C)c(-c4ccc(F)c5sc(N)c(C6CCC=C6CCC(C)C)c45)c(F)c3n2)CC1. The van der Waals surface area contributed by atoms with Gasteiger partial charge in [-0.15, -0.1) is 11.3 Å². The van der Waals surface area contributed by atoms with E-state index in [-0.39, 0.29) is 45.5 Å². The van der Waals surface area contributed by atoms with Crippen molar-refractivity contribution in [3.05, 3.63) is 46.5 Å². The van der Waals surface area contributed by atoms with Crippen molar-refractivity contribution < 1.29 is 18.6 Å². The van der Waals surface area contributed by atoms with Crippen molar-refractivity contribution in [3.63, 3.8) is 0 Å². The average molecular weight is 636 g/mol. The second-order valence-electron chi connectivity index (χ2n) is 13.3. The van der Waals surface area contributed by atoms with Crippen molar-refractivity contribution >= 4 is 43.1 Å².